The SMILES string of the molecule is CC(C)N(CC1CCCN1)c1ncnc2c1cnn2C. The number of aryl methyl sites for hydroxylation is 1. The highest BCUT2D eigenvalue weighted by Gasteiger charge is 2.23. The fourth-order valence-corrected chi connectivity index (χ4v) is 2.87. The van der Waals surface area contributed by atoms with Crippen LogP contribution in [0.15, 0.2) is 12.5 Å². The van der Waals surface area contributed by atoms with Crippen LogP contribution in [0.2, 0.25) is 0 Å². The van der Waals surface area contributed by atoms with Gasteiger partial charge in [-0.1, -0.05) is 0 Å². The Kier molecular flexibility index (Phi) is 3.56. The molecule has 3 heterocycles. The van der Waals surface area contributed by atoms with E-state index in [4.69, 9.17) is 0 Å². The number of fused-ring (bicyclic) bond motifs is 1. The molecule has 1 aliphatic rings. The van der Waals surface area contributed by atoms with E-state index in [1.165, 1.54) is 12.8 Å². The summed E-state index contributed by atoms with van der Waals surface area (Å²) in [6.07, 6.45) is 6.01. The topological polar surface area (TPSA) is 58.9 Å². The second kappa shape index (κ2) is 5.36. The van der Waals surface area contributed by atoms with E-state index >= 15 is 0 Å². The molecule has 0 saturated carbocycles. The van der Waals surface area contributed by atoms with E-state index in [0.29, 0.717) is 12.1 Å². The molecule has 0 amide bonds. The van der Waals surface area contributed by atoms with Crippen molar-refractivity contribution in [2.75, 3.05) is 18.0 Å². The number of hydrogen-bond donors (Lipinski definition) is 1. The summed E-state index contributed by atoms with van der Waals surface area (Å²) in [5, 5.41) is 8.89. The fourth-order valence-electron chi connectivity index (χ4n) is 2.87. The van der Waals surface area contributed by atoms with Gasteiger partial charge < -0.3 is 10.2 Å². The Bertz CT molecular complexity index is 584. The lowest BCUT2D eigenvalue weighted by atomic mass is 10.2. The van der Waals surface area contributed by atoms with Crippen molar-refractivity contribution in [3.63, 3.8) is 0 Å². The summed E-state index contributed by atoms with van der Waals surface area (Å²) < 4.78 is 1.80. The van der Waals surface area contributed by atoms with Crippen molar-refractivity contribution in [1.29, 1.82) is 0 Å². The molecule has 1 atom stereocenters. The van der Waals surface area contributed by atoms with Gasteiger partial charge in [0, 0.05) is 25.7 Å². The highest BCUT2D eigenvalue weighted by molar-refractivity contribution is 5.86. The molecule has 0 spiro atoms. The Morgan fingerprint density at radius 1 is 1.45 bits per heavy atom. The summed E-state index contributed by atoms with van der Waals surface area (Å²) in [4.78, 5) is 11.2. The van der Waals surface area contributed by atoms with Crippen LogP contribution in [0.5, 0.6) is 0 Å². The Morgan fingerprint density at radius 3 is 3.00 bits per heavy atom. The van der Waals surface area contributed by atoms with Gasteiger partial charge in [0.15, 0.2) is 5.65 Å². The van der Waals surface area contributed by atoms with E-state index < -0.39 is 0 Å². The summed E-state index contributed by atoms with van der Waals surface area (Å²) >= 11 is 0. The molecule has 3 rings (SSSR count). The van der Waals surface area contributed by atoms with E-state index in [-0.39, 0.29) is 0 Å². The maximum Gasteiger partial charge on any atom is 0.163 e. The lowest BCUT2D eigenvalue weighted by molar-refractivity contribution is 0.550. The molecule has 6 nitrogen and oxygen atoms in total. The van der Waals surface area contributed by atoms with Crippen LogP contribution in [0.25, 0.3) is 11.0 Å². The summed E-state index contributed by atoms with van der Waals surface area (Å²) in [5.74, 6) is 0.992. The summed E-state index contributed by atoms with van der Waals surface area (Å²) in [6.45, 7) is 6.53. The van der Waals surface area contributed by atoms with Crippen molar-refractivity contribution >= 4 is 16.9 Å². The average molecular weight is 274 g/mol. The molecule has 2 aromatic heterocycles. The van der Waals surface area contributed by atoms with Gasteiger partial charge in [-0.05, 0) is 33.2 Å². The highest BCUT2D eigenvalue weighted by Crippen LogP contribution is 2.24. The molecule has 2 aromatic rings. The number of anilines is 1. The molecule has 108 valence electrons. The van der Waals surface area contributed by atoms with Gasteiger partial charge in [-0.3, -0.25) is 4.68 Å². The van der Waals surface area contributed by atoms with Gasteiger partial charge >= 0.3 is 0 Å². The number of hydrogen-bond acceptors (Lipinski definition) is 5. The molecule has 0 bridgehead atoms. The largest absolute Gasteiger partial charge is 0.352 e. The van der Waals surface area contributed by atoms with Crippen LogP contribution >= 0.6 is 0 Å². The number of nitrogens with zero attached hydrogens (tertiary/aromatic N) is 5. The smallest absolute Gasteiger partial charge is 0.163 e. The minimum absolute atomic E-state index is 0.399. The van der Waals surface area contributed by atoms with Crippen LogP contribution in [0.4, 0.5) is 5.82 Å². The molecule has 1 saturated heterocycles. The third-order valence-electron chi connectivity index (χ3n) is 3.98. The first-order valence-corrected chi connectivity index (χ1v) is 7.29. The number of aromatic nitrogens is 4. The molecule has 6 heteroatoms. The Labute approximate surface area is 119 Å². The molecule has 0 radical (unpaired) electrons. The predicted octanol–water partition coefficient (Wildman–Crippen LogP) is 1.33. The standard InChI is InChI=1S/C14H22N6/c1-10(2)20(8-11-5-4-6-15-11)14-12-7-18-19(3)13(12)16-9-17-14/h7,9-11,15H,4-6,8H2,1-3H3. The summed E-state index contributed by atoms with van der Waals surface area (Å²) in [7, 11) is 1.91. The van der Waals surface area contributed by atoms with E-state index in [1.54, 1.807) is 11.0 Å². The van der Waals surface area contributed by atoms with Crippen LogP contribution in [0.1, 0.15) is 26.7 Å². The molecule has 1 aliphatic heterocycles. The zero-order chi connectivity index (χ0) is 14.1. The van der Waals surface area contributed by atoms with E-state index in [2.05, 4.69) is 39.1 Å². The molecular formula is C14H22N6. The minimum Gasteiger partial charge on any atom is -0.352 e. The fraction of sp³-hybridized carbons (Fsp3) is 0.643. The lowest BCUT2D eigenvalue weighted by Crippen LogP contribution is -2.41. The first-order chi connectivity index (χ1) is 9.66. The first kappa shape index (κ1) is 13.3. The van der Waals surface area contributed by atoms with Gasteiger partial charge in [0.05, 0.1) is 11.6 Å². The van der Waals surface area contributed by atoms with Gasteiger partial charge in [-0.25, -0.2) is 9.97 Å². The van der Waals surface area contributed by atoms with Gasteiger partial charge in [-0.2, -0.15) is 5.10 Å². The third kappa shape index (κ3) is 2.35. The maximum absolute atomic E-state index is 4.52. The molecule has 0 aliphatic carbocycles. The van der Waals surface area contributed by atoms with Crippen LogP contribution in [0, 0.1) is 0 Å². The Balaban J connectivity index is 1.96. The lowest BCUT2D eigenvalue weighted by Gasteiger charge is -2.30. The van der Waals surface area contributed by atoms with E-state index in [1.807, 2.05) is 13.2 Å². The van der Waals surface area contributed by atoms with Crippen molar-refractivity contribution in [2.24, 2.45) is 7.05 Å². The second-order valence-electron chi connectivity index (χ2n) is 5.74. The van der Waals surface area contributed by atoms with Gasteiger partial charge in [0.25, 0.3) is 0 Å². The van der Waals surface area contributed by atoms with Crippen molar-refractivity contribution in [3.8, 4) is 0 Å². The van der Waals surface area contributed by atoms with Crippen molar-refractivity contribution in [2.45, 2.75) is 38.8 Å². The number of nitrogens with one attached hydrogen (secondary N) is 1. The molecular weight excluding hydrogens is 252 g/mol. The zero-order valence-electron chi connectivity index (χ0n) is 12.4. The molecule has 0 aromatic carbocycles. The monoisotopic (exact) mass is 274 g/mol. The normalized spacial score (nSPS) is 19.1. The Morgan fingerprint density at radius 2 is 2.30 bits per heavy atom. The van der Waals surface area contributed by atoms with Crippen LogP contribution in [-0.4, -0.2) is 44.9 Å². The second-order valence-corrected chi connectivity index (χ2v) is 5.74. The summed E-state index contributed by atoms with van der Waals surface area (Å²) in [5.41, 5.74) is 0.889. The maximum atomic E-state index is 4.52. The molecule has 20 heavy (non-hydrogen) atoms. The highest BCUT2D eigenvalue weighted by atomic mass is 15.3. The van der Waals surface area contributed by atoms with Crippen molar-refractivity contribution in [1.82, 2.24) is 25.1 Å². The molecule has 1 unspecified atom stereocenters. The van der Waals surface area contributed by atoms with E-state index in [0.717, 1.165) is 29.9 Å². The molecule has 1 N–H and O–H groups in total. The van der Waals surface area contributed by atoms with Gasteiger partial charge in [0.1, 0.15) is 12.1 Å². The van der Waals surface area contributed by atoms with Gasteiger partial charge in [-0.15, -0.1) is 0 Å². The minimum atomic E-state index is 0.399. The predicted molar refractivity (Wildman–Crippen MR) is 79.8 cm³/mol. The van der Waals surface area contributed by atoms with Crippen LogP contribution in [-0.2, 0) is 7.05 Å². The van der Waals surface area contributed by atoms with Crippen molar-refractivity contribution in [3.05, 3.63) is 12.5 Å². The Hall–Kier alpha value is -1.69. The van der Waals surface area contributed by atoms with Crippen LogP contribution in [0.3, 0.4) is 0 Å². The van der Waals surface area contributed by atoms with E-state index in [9.17, 15) is 0 Å². The third-order valence-corrected chi connectivity index (χ3v) is 3.98. The quantitative estimate of drug-likeness (QED) is 0.911. The zero-order valence-corrected chi connectivity index (χ0v) is 12.4. The van der Waals surface area contributed by atoms with Crippen LogP contribution < -0.4 is 10.2 Å². The average Bonchev–Trinajstić information content (AvgIpc) is 3.06. The van der Waals surface area contributed by atoms with Crippen molar-refractivity contribution < 1.29 is 0 Å². The molecule has 1 fully saturated rings. The summed E-state index contributed by atoms with van der Waals surface area (Å²) in [6, 6.07) is 0.954. The number of rotatable bonds is 4. The van der Waals surface area contributed by atoms with Gasteiger partial charge in [0.2, 0.25) is 0 Å². The first-order valence-electron chi connectivity index (χ1n) is 7.29.